The molecule has 0 amide bonds. The van der Waals surface area contributed by atoms with Crippen molar-refractivity contribution in [2.45, 2.75) is 32.6 Å². The zero-order chi connectivity index (χ0) is 13.2. The lowest BCUT2D eigenvalue weighted by molar-refractivity contribution is 0.134. The van der Waals surface area contributed by atoms with Crippen LogP contribution >= 0.6 is 0 Å². The van der Waals surface area contributed by atoms with Crippen molar-refractivity contribution in [1.82, 2.24) is 0 Å². The van der Waals surface area contributed by atoms with Crippen LogP contribution in [0.5, 0.6) is 0 Å². The Morgan fingerprint density at radius 2 is 1.79 bits per heavy atom. The lowest BCUT2D eigenvalue weighted by Gasteiger charge is -2.13. The molecular weight excluding hydrogens is 234 g/mol. The fraction of sp³-hybridized carbons (Fsp3) is 0.294. The zero-order valence-corrected chi connectivity index (χ0v) is 11.2. The summed E-state index contributed by atoms with van der Waals surface area (Å²) in [5.41, 5.74) is 12.7. The molecule has 0 aliphatic carbocycles. The Morgan fingerprint density at radius 1 is 1.05 bits per heavy atom. The molecule has 2 nitrogen and oxygen atoms in total. The highest BCUT2D eigenvalue weighted by atomic mass is 16.5. The molecule has 3 rings (SSSR count). The van der Waals surface area contributed by atoms with Crippen molar-refractivity contribution in [1.29, 1.82) is 0 Å². The summed E-state index contributed by atoms with van der Waals surface area (Å²) >= 11 is 0. The minimum absolute atomic E-state index is 0.0496. The first kappa shape index (κ1) is 12.4. The van der Waals surface area contributed by atoms with E-state index in [1.165, 1.54) is 27.8 Å². The van der Waals surface area contributed by atoms with Crippen molar-refractivity contribution in [2.75, 3.05) is 0 Å². The highest BCUT2D eigenvalue weighted by molar-refractivity contribution is 5.35. The number of nitrogens with two attached hydrogens (primary N) is 1. The third-order valence-corrected chi connectivity index (χ3v) is 3.75. The van der Waals surface area contributed by atoms with E-state index < -0.39 is 0 Å². The molecule has 2 aromatic carbocycles. The van der Waals surface area contributed by atoms with Crippen molar-refractivity contribution in [3.8, 4) is 0 Å². The molecule has 0 fully saturated rings. The van der Waals surface area contributed by atoms with Gasteiger partial charge in [-0.3, -0.25) is 0 Å². The van der Waals surface area contributed by atoms with Gasteiger partial charge in [-0.1, -0.05) is 48.0 Å². The Hall–Kier alpha value is -1.64. The SMILES string of the molecule is Cc1ccc(CC(N)c2ccc3c(c2)COC3)cc1. The second-order valence-corrected chi connectivity index (χ2v) is 5.32. The number of hydrogen-bond acceptors (Lipinski definition) is 2. The van der Waals surface area contributed by atoms with E-state index in [4.69, 9.17) is 10.5 Å². The summed E-state index contributed by atoms with van der Waals surface area (Å²) < 4.78 is 5.44. The van der Waals surface area contributed by atoms with Gasteiger partial charge in [0.1, 0.15) is 0 Å². The second-order valence-electron chi connectivity index (χ2n) is 5.32. The fourth-order valence-corrected chi connectivity index (χ4v) is 2.52. The van der Waals surface area contributed by atoms with Crippen LogP contribution in [-0.2, 0) is 24.4 Å². The molecule has 1 unspecified atom stereocenters. The third-order valence-electron chi connectivity index (χ3n) is 3.75. The predicted molar refractivity (Wildman–Crippen MR) is 76.7 cm³/mol. The number of benzene rings is 2. The van der Waals surface area contributed by atoms with Crippen molar-refractivity contribution in [3.63, 3.8) is 0 Å². The quantitative estimate of drug-likeness (QED) is 0.911. The van der Waals surface area contributed by atoms with Crippen LogP contribution < -0.4 is 5.73 Å². The van der Waals surface area contributed by atoms with Crippen LogP contribution in [0.2, 0.25) is 0 Å². The zero-order valence-electron chi connectivity index (χ0n) is 11.2. The standard InChI is InChI=1S/C17H19NO/c1-12-2-4-13(5-3-12)8-17(18)14-6-7-15-10-19-11-16(15)9-14/h2-7,9,17H,8,10-11,18H2,1H3. The van der Waals surface area contributed by atoms with Crippen LogP contribution in [0, 0.1) is 6.92 Å². The van der Waals surface area contributed by atoms with Crippen LogP contribution in [0.3, 0.4) is 0 Å². The molecule has 1 aliphatic rings. The second kappa shape index (κ2) is 5.16. The summed E-state index contributed by atoms with van der Waals surface area (Å²) in [6, 6.07) is 15.1. The summed E-state index contributed by atoms with van der Waals surface area (Å²) in [7, 11) is 0. The van der Waals surface area contributed by atoms with Crippen LogP contribution in [0.25, 0.3) is 0 Å². The number of rotatable bonds is 3. The Balaban J connectivity index is 1.76. The summed E-state index contributed by atoms with van der Waals surface area (Å²) in [6.45, 7) is 3.56. The average Bonchev–Trinajstić information content (AvgIpc) is 2.88. The molecule has 98 valence electrons. The van der Waals surface area contributed by atoms with Crippen LogP contribution in [-0.4, -0.2) is 0 Å². The van der Waals surface area contributed by atoms with Gasteiger partial charge in [0.2, 0.25) is 0 Å². The molecule has 0 saturated heterocycles. The third kappa shape index (κ3) is 2.70. The molecule has 0 saturated carbocycles. The molecule has 1 heterocycles. The first-order chi connectivity index (χ1) is 9.22. The van der Waals surface area contributed by atoms with Gasteiger partial charge in [0.25, 0.3) is 0 Å². The average molecular weight is 253 g/mol. The van der Waals surface area contributed by atoms with Gasteiger partial charge >= 0.3 is 0 Å². The maximum Gasteiger partial charge on any atom is 0.0725 e. The minimum Gasteiger partial charge on any atom is -0.372 e. The molecule has 0 bridgehead atoms. The topological polar surface area (TPSA) is 35.2 Å². The highest BCUT2D eigenvalue weighted by Gasteiger charge is 2.14. The van der Waals surface area contributed by atoms with E-state index in [0.29, 0.717) is 0 Å². The van der Waals surface area contributed by atoms with Crippen molar-refractivity contribution in [2.24, 2.45) is 5.73 Å². The normalized spacial score (nSPS) is 15.3. The van der Waals surface area contributed by atoms with Gasteiger partial charge < -0.3 is 10.5 Å². The van der Waals surface area contributed by atoms with Crippen LogP contribution in [0.4, 0.5) is 0 Å². The van der Waals surface area contributed by atoms with Crippen LogP contribution in [0.15, 0.2) is 42.5 Å². The smallest absolute Gasteiger partial charge is 0.0725 e. The lowest BCUT2D eigenvalue weighted by Crippen LogP contribution is -2.13. The molecule has 19 heavy (non-hydrogen) atoms. The molecule has 1 atom stereocenters. The maximum absolute atomic E-state index is 6.32. The largest absolute Gasteiger partial charge is 0.372 e. The summed E-state index contributed by atoms with van der Waals surface area (Å²) in [6.07, 6.45) is 0.875. The summed E-state index contributed by atoms with van der Waals surface area (Å²) in [5, 5.41) is 0. The maximum atomic E-state index is 6.32. The van der Waals surface area contributed by atoms with Gasteiger partial charge in [-0.05, 0) is 35.6 Å². The van der Waals surface area contributed by atoms with Gasteiger partial charge in [-0.25, -0.2) is 0 Å². The van der Waals surface area contributed by atoms with Crippen molar-refractivity contribution < 1.29 is 4.74 Å². The van der Waals surface area contributed by atoms with Crippen LogP contribution in [0.1, 0.15) is 33.9 Å². The Kier molecular flexibility index (Phi) is 3.36. The lowest BCUT2D eigenvalue weighted by atomic mass is 9.96. The summed E-state index contributed by atoms with van der Waals surface area (Å²) in [5.74, 6) is 0. The Labute approximate surface area is 114 Å². The van der Waals surface area contributed by atoms with Gasteiger partial charge in [0.15, 0.2) is 0 Å². The van der Waals surface area contributed by atoms with E-state index in [0.717, 1.165) is 19.6 Å². The molecule has 2 heteroatoms. The fourth-order valence-electron chi connectivity index (χ4n) is 2.52. The molecule has 2 N–H and O–H groups in total. The first-order valence-corrected chi connectivity index (χ1v) is 6.73. The number of ether oxygens (including phenoxy) is 1. The summed E-state index contributed by atoms with van der Waals surface area (Å²) in [4.78, 5) is 0. The van der Waals surface area contributed by atoms with E-state index in [1.54, 1.807) is 0 Å². The van der Waals surface area contributed by atoms with Gasteiger partial charge in [0, 0.05) is 6.04 Å². The number of fused-ring (bicyclic) bond motifs is 1. The Morgan fingerprint density at radius 3 is 2.58 bits per heavy atom. The number of aryl methyl sites for hydroxylation is 1. The molecule has 0 aromatic heterocycles. The van der Waals surface area contributed by atoms with Crippen molar-refractivity contribution in [3.05, 3.63) is 70.3 Å². The van der Waals surface area contributed by atoms with Gasteiger partial charge in [0.05, 0.1) is 13.2 Å². The molecule has 1 aliphatic heterocycles. The van der Waals surface area contributed by atoms with E-state index in [9.17, 15) is 0 Å². The minimum atomic E-state index is 0.0496. The highest BCUT2D eigenvalue weighted by Crippen LogP contribution is 2.24. The van der Waals surface area contributed by atoms with Crippen molar-refractivity contribution >= 4 is 0 Å². The monoisotopic (exact) mass is 253 g/mol. The predicted octanol–water partition coefficient (Wildman–Crippen LogP) is 3.27. The molecule has 0 spiro atoms. The molecule has 0 radical (unpaired) electrons. The molecule has 2 aromatic rings. The molecular formula is C17H19NO. The van der Waals surface area contributed by atoms with E-state index >= 15 is 0 Å². The van der Waals surface area contributed by atoms with Gasteiger partial charge in [-0.15, -0.1) is 0 Å². The van der Waals surface area contributed by atoms with E-state index in [2.05, 4.69) is 49.4 Å². The van der Waals surface area contributed by atoms with E-state index in [1.807, 2.05) is 0 Å². The first-order valence-electron chi connectivity index (χ1n) is 6.73. The number of hydrogen-bond donors (Lipinski definition) is 1. The van der Waals surface area contributed by atoms with Gasteiger partial charge in [-0.2, -0.15) is 0 Å². The van der Waals surface area contributed by atoms with E-state index in [-0.39, 0.29) is 6.04 Å². The Bertz CT molecular complexity index is 574.